The summed E-state index contributed by atoms with van der Waals surface area (Å²) in [4.78, 5) is 25.0. The summed E-state index contributed by atoms with van der Waals surface area (Å²) < 4.78 is 5.20. The van der Waals surface area contributed by atoms with Crippen molar-refractivity contribution in [2.75, 3.05) is 11.1 Å². The monoisotopic (exact) mass is 447 g/mol. The smallest absolute Gasteiger partial charge is 0.316 e. The fourth-order valence-electron chi connectivity index (χ4n) is 2.29. The third-order valence-electron chi connectivity index (χ3n) is 3.82. The lowest BCUT2D eigenvalue weighted by Gasteiger charge is -2.04. The molecule has 1 aromatic heterocycles. The molecule has 29 heavy (non-hydrogen) atoms. The Morgan fingerprint density at radius 1 is 1.14 bits per heavy atom. The summed E-state index contributed by atoms with van der Waals surface area (Å²) in [5, 5.41) is 11.8. The first-order valence-corrected chi connectivity index (χ1v) is 11.0. The number of thioether (sulfide) groups is 1. The van der Waals surface area contributed by atoms with Gasteiger partial charge >= 0.3 is 5.97 Å². The van der Waals surface area contributed by atoms with Gasteiger partial charge in [-0.3, -0.25) is 9.59 Å². The van der Waals surface area contributed by atoms with Gasteiger partial charge in [0.2, 0.25) is 5.01 Å². The molecule has 1 N–H and O–H groups in total. The topological polar surface area (TPSA) is 81.2 Å². The van der Waals surface area contributed by atoms with Gasteiger partial charge in [-0.15, -0.1) is 22.0 Å². The number of amides is 1. The number of hydrogen-bond acceptors (Lipinski definition) is 7. The van der Waals surface area contributed by atoms with Gasteiger partial charge in [-0.05, 0) is 36.2 Å². The van der Waals surface area contributed by atoms with Crippen molar-refractivity contribution in [1.82, 2.24) is 10.2 Å². The Hall–Kier alpha value is -2.42. The van der Waals surface area contributed by atoms with Gasteiger partial charge in [0.1, 0.15) is 6.61 Å². The number of benzene rings is 2. The van der Waals surface area contributed by atoms with Crippen LogP contribution in [0.1, 0.15) is 27.3 Å². The second kappa shape index (κ2) is 10.4. The summed E-state index contributed by atoms with van der Waals surface area (Å²) in [5.41, 5.74) is 1.88. The number of rotatable bonds is 8. The standard InChI is InChI=1S/C20H18ClN3O3S2/c1-2-13-7-9-14(10-8-13)22-19(26)20-24-23-17(29-20)11-27-18(25)12-28-16-6-4-3-5-15(16)21/h3-10H,2,11-12H2,1H3,(H,22,26). The van der Waals surface area contributed by atoms with Gasteiger partial charge in [0.25, 0.3) is 5.91 Å². The largest absolute Gasteiger partial charge is 0.458 e. The molecule has 0 unspecified atom stereocenters. The van der Waals surface area contributed by atoms with Crippen molar-refractivity contribution < 1.29 is 14.3 Å². The van der Waals surface area contributed by atoms with Crippen LogP contribution in [0.4, 0.5) is 5.69 Å². The first kappa shape index (κ1) is 21.3. The van der Waals surface area contributed by atoms with Crippen molar-refractivity contribution in [1.29, 1.82) is 0 Å². The SMILES string of the molecule is CCc1ccc(NC(=O)c2nnc(COC(=O)CSc3ccccc3Cl)s2)cc1. The molecule has 9 heteroatoms. The van der Waals surface area contributed by atoms with Crippen molar-refractivity contribution in [3.8, 4) is 0 Å². The lowest BCUT2D eigenvalue weighted by Crippen LogP contribution is -2.11. The van der Waals surface area contributed by atoms with Crippen molar-refractivity contribution in [3.63, 3.8) is 0 Å². The molecule has 0 aliphatic carbocycles. The molecular formula is C20H18ClN3O3S2. The molecule has 0 fully saturated rings. The van der Waals surface area contributed by atoms with Crippen LogP contribution in [0.25, 0.3) is 0 Å². The van der Waals surface area contributed by atoms with E-state index in [9.17, 15) is 9.59 Å². The molecule has 0 atom stereocenters. The minimum absolute atomic E-state index is 0.0297. The first-order chi connectivity index (χ1) is 14.0. The predicted octanol–water partition coefficient (Wildman–Crippen LogP) is 4.84. The number of nitrogens with zero attached hydrogens (tertiary/aromatic N) is 2. The molecule has 150 valence electrons. The number of aryl methyl sites for hydroxylation is 1. The van der Waals surface area contributed by atoms with E-state index < -0.39 is 5.97 Å². The number of carbonyl (C=O) groups excluding carboxylic acids is 2. The summed E-state index contributed by atoms with van der Waals surface area (Å²) in [7, 11) is 0. The van der Waals surface area contributed by atoms with Crippen LogP contribution in [0.2, 0.25) is 5.02 Å². The average Bonchev–Trinajstić information content (AvgIpc) is 3.21. The van der Waals surface area contributed by atoms with Crippen LogP contribution in [0.3, 0.4) is 0 Å². The number of ether oxygens (including phenoxy) is 1. The van der Waals surface area contributed by atoms with Crippen LogP contribution in [0, 0.1) is 0 Å². The van der Waals surface area contributed by atoms with Gasteiger partial charge in [0, 0.05) is 10.6 Å². The van der Waals surface area contributed by atoms with Gasteiger partial charge in [-0.1, -0.05) is 54.1 Å². The molecule has 0 saturated carbocycles. The second-order valence-corrected chi connectivity index (χ2v) is 8.37. The van der Waals surface area contributed by atoms with Gasteiger partial charge in [0.05, 0.1) is 10.8 Å². The van der Waals surface area contributed by atoms with E-state index in [2.05, 4.69) is 22.4 Å². The predicted molar refractivity (Wildman–Crippen MR) is 116 cm³/mol. The maximum Gasteiger partial charge on any atom is 0.316 e. The van der Waals surface area contributed by atoms with E-state index in [0.29, 0.717) is 15.7 Å². The number of esters is 1. The number of halogens is 1. The molecule has 1 heterocycles. The Balaban J connectivity index is 1.47. The highest BCUT2D eigenvalue weighted by atomic mass is 35.5. The number of anilines is 1. The van der Waals surface area contributed by atoms with Crippen molar-refractivity contribution in [2.24, 2.45) is 0 Å². The molecule has 6 nitrogen and oxygen atoms in total. The Bertz CT molecular complexity index is 993. The van der Waals surface area contributed by atoms with E-state index in [1.54, 1.807) is 6.07 Å². The van der Waals surface area contributed by atoms with Gasteiger partial charge in [0.15, 0.2) is 5.01 Å². The fraction of sp³-hybridized carbons (Fsp3) is 0.200. The zero-order valence-corrected chi connectivity index (χ0v) is 17.9. The fourth-order valence-corrected chi connectivity index (χ4v) is 3.98. The molecule has 0 bridgehead atoms. The second-order valence-electron chi connectivity index (χ2n) is 5.89. The summed E-state index contributed by atoms with van der Waals surface area (Å²) in [6.45, 7) is 2.04. The molecule has 0 radical (unpaired) electrons. The molecular weight excluding hydrogens is 430 g/mol. The lowest BCUT2D eigenvalue weighted by atomic mass is 10.1. The quantitative estimate of drug-likeness (QED) is 0.393. The Morgan fingerprint density at radius 3 is 2.62 bits per heavy atom. The summed E-state index contributed by atoms with van der Waals surface area (Å²) in [6, 6.07) is 14.9. The van der Waals surface area contributed by atoms with Crippen molar-refractivity contribution >= 4 is 52.3 Å². The van der Waals surface area contributed by atoms with Crippen molar-refractivity contribution in [2.45, 2.75) is 24.8 Å². The highest BCUT2D eigenvalue weighted by Crippen LogP contribution is 2.26. The lowest BCUT2D eigenvalue weighted by molar-refractivity contribution is -0.141. The van der Waals surface area contributed by atoms with Crippen LogP contribution < -0.4 is 5.32 Å². The molecule has 0 aliphatic heterocycles. The maximum atomic E-state index is 12.3. The van der Waals surface area contributed by atoms with E-state index >= 15 is 0 Å². The van der Waals surface area contributed by atoms with Crippen LogP contribution in [0.15, 0.2) is 53.4 Å². The average molecular weight is 448 g/mol. The van der Waals surface area contributed by atoms with Crippen molar-refractivity contribution in [3.05, 3.63) is 69.1 Å². The normalized spacial score (nSPS) is 10.6. The molecule has 0 saturated heterocycles. The van der Waals surface area contributed by atoms with E-state index in [0.717, 1.165) is 22.7 Å². The zero-order chi connectivity index (χ0) is 20.6. The zero-order valence-electron chi connectivity index (χ0n) is 15.6. The number of carbonyl (C=O) groups is 2. The third kappa shape index (κ3) is 6.28. The van der Waals surface area contributed by atoms with Gasteiger partial charge < -0.3 is 10.1 Å². The molecule has 0 spiro atoms. The summed E-state index contributed by atoms with van der Waals surface area (Å²) in [6.07, 6.45) is 0.934. The van der Waals surface area contributed by atoms with Crippen LogP contribution in [-0.4, -0.2) is 27.8 Å². The van der Waals surface area contributed by atoms with Crippen LogP contribution in [0.5, 0.6) is 0 Å². The number of nitrogens with one attached hydrogen (secondary N) is 1. The highest BCUT2D eigenvalue weighted by Gasteiger charge is 2.15. The summed E-state index contributed by atoms with van der Waals surface area (Å²) in [5.74, 6) is -0.616. The van der Waals surface area contributed by atoms with E-state index in [1.807, 2.05) is 42.5 Å². The molecule has 1 amide bonds. The van der Waals surface area contributed by atoms with Crippen LogP contribution >= 0.6 is 34.7 Å². The van der Waals surface area contributed by atoms with E-state index in [1.165, 1.54) is 17.3 Å². The first-order valence-electron chi connectivity index (χ1n) is 8.80. The van der Waals surface area contributed by atoms with Crippen LogP contribution in [-0.2, 0) is 22.6 Å². The summed E-state index contributed by atoms with van der Waals surface area (Å²) >= 11 is 8.45. The minimum Gasteiger partial charge on any atom is -0.458 e. The Morgan fingerprint density at radius 2 is 1.90 bits per heavy atom. The Labute approximate surface area is 181 Å². The third-order valence-corrected chi connectivity index (χ3v) is 6.20. The number of aromatic nitrogens is 2. The molecule has 0 aliphatic rings. The maximum absolute atomic E-state index is 12.3. The highest BCUT2D eigenvalue weighted by molar-refractivity contribution is 8.00. The van der Waals surface area contributed by atoms with Gasteiger partial charge in [-0.25, -0.2) is 0 Å². The minimum atomic E-state index is -0.396. The molecule has 2 aromatic carbocycles. The van der Waals surface area contributed by atoms with Gasteiger partial charge in [-0.2, -0.15) is 0 Å². The van der Waals surface area contributed by atoms with E-state index in [4.69, 9.17) is 16.3 Å². The number of hydrogen-bond donors (Lipinski definition) is 1. The molecule has 3 rings (SSSR count). The van der Waals surface area contributed by atoms with E-state index in [-0.39, 0.29) is 23.3 Å². The Kier molecular flexibility index (Phi) is 7.62. The molecule has 3 aromatic rings.